The molecule has 2 aliphatic carbocycles. The lowest BCUT2D eigenvalue weighted by Gasteiger charge is -2.37. The van der Waals surface area contributed by atoms with Gasteiger partial charge in [0.05, 0.1) is 5.56 Å². The van der Waals surface area contributed by atoms with Gasteiger partial charge in [-0.05, 0) is 92.7 Å². The summed E-state index contributed by atoms with van der Waals surface area (Å²) in [5, 5.41) is 0. The van der Waals surface area contributed by atoms with Crippen LogP contribution in [-0.2, 0) is 12.6 Å². The van der Waals surface area contributed by atoms with Gasteiger partial charge in [0.15, 0.2) is 0 Å². The lowest BCUT2D eigenvalue weighted by atomic mass is 9.68. The minimum atomic E-state index is -4.24. The molecule has 0 aromatic heterocycles. The van der Waals surface area contributed by atoms with Crippen LogP contribution in [0.3, 0.4) is 0 Å². The molecule has 0 aliphatic heterocycles. The van der Waals surface area contributed by atoms with Crippen LogP contribution in [0.25, 0.3) is 0 Å². The van der Waals surface area contributed by atoms with Crippen LogP contribution < -0.4 is 0 Å². The summed E-state index contributed by atoms with van der Waals surface area (Å²) in [4.78, 5) is 0. The zero-order valence-corrected chi connectivity index (χ0v) is 19.3. The van der Waals surface area contributed by atoms with Gasteiger partial charge in [0.1, 0.15) is 0 Å². The lowest BCUT2D eigenvalue weighted by molar-refractivity contribution is -0.137. The highest BCUT2D eigenvalue weighted by Crippen LogP contribution is 2.42. The summed E-state index contributed by atoms with van der Waals surface area (Å²) in [6.07, 6.45) is 19.0. The van der Waals surface area contributed by atoms with Crippen molar-refractivity contribution >= 4 is 0 Å². The number of unbranched alkanes of at least 4 members (excludes halogenated alkanes) is 2. The predicted molar refractivity (Wildman–Crippen MR) is 124 cm³/mol. The SMILES string of the molecule is CCCCCC1CCC(C2CCC(/C=C/CCc3ccc(C(F)(F)F)cc3)CC2)CC1. The number of allylic oxidation sites excluding steroid dienone is 2. The molecule has 3 rings (SSSR count). The minimum Gasteiger partial charge on any atom is -0.166 e. The van der Waals surface area contributed by atoms with E-state index in [1.165, 1.54) is 89.2 Å². The fraction of sp³-hybridized carbons (Fsp3) is 0.714. The van der Waals surface area contributed by atoms with E-state index in [0.29, 0.717) is 5.92 Å². The van der Waals surface area contributed by atoms with Gasteiger partial charge in [-0.15, -0.1) is 0 Å². The van der Waals surface area contributed by atoms with Crippen LogP contribution in [0, 0.1) is 23.7 Å². The third-order valence-electron chi connectivity index (χ3n) is 7.88. The molecule has 1 aromatic carbocycles. The van der Waals surface area contributed by atoms with Crippen molar-refractivity contribution in [2.24, 2.45) is 23.7 Å². The molecule has 2 aliphatic rings. The van der Waals surface area contributed by atoms with Crippen molar-refractivity contribution in [2.45, 2.75) is 103 Å². The maximum atomic E-state index is 12.6. The quantitative estimate of drug-likeness (QED) is 0.268. The Morgan fingerprint density at radius 3 is 2.03 bits per heavy atom. The van der Waals surface area contributed by atoms with Crippen molar-refractivity contribution in [1.29, 1.82) is 0 Å². The highest BCUT2D eigenvalue weighted by molar-refractivity contribution is 5.24. The Bertz CT molecular complexity index is 642. The molecular weight excluding hydrogens is 393 g/mol. The summed E-state index contributed by atoms with van der Waals surface area (Å²) in [6.45, 7) is 2.29. The first-order chi connectivity index (χ1) is 15.0. The van der Waals surface area contributed by atoms with Gasteiger partial charge in [-0.2, -0.15) is 13.2 Å². The van der Waals surface area contributed by atoms with E-state index in [-0.39, 0.29) is 0 Å². The summed E-state index contributed by atoms with van der Waals surface area (Å²) in [5.74, 6) is 3.64. The minimum absolute atomic E-state index is 0.562. The Balaban J connectivity index is 1.31. The smallest absolute Gasteiger partial charge is 0.166 e. The molecule has 174 valence electrons. The topological polar surface area (TPSA) is 0 Å². The summed E-state index contributed by atoms with van der Waals surface area (Å²) in [7, 11) is 0. The molecule has 0 heterocycles. The van der Waals surface area contributed by atoms with Crippen molar-refractivity contribution in [1.82, 2.24) is 0 Å². The summed E-state index contributed by atoms with van der Waals surface area (Å²) in [6, 6.07) is 5.61. The fourth-order valence-corrected chi connectivity index (χ4v) is 5.84. The van der Waals surface area contributed by atoms with E-state index < -0.39 is 11.7 Å². The second-order valence-electron chi connectivity index (χ2n) is 10.1. The highest BCUT2D eigenvalue weighted by Gasteiger charge is 2.31. The lowest BCUT2D eigenvalue weighted by Crippen LogP contribution is -2.25. The number of aryl methyl sites for hydroxylation is 1. The van der Waals surface area contributed by atoms with Gasteiger partial charge in [-0.1, -0.05) is 69.7 Å². The number of rotatable bonds is 9. The van der Waals surface area contributed by atoms with Crippen LogP contribution in [0.4, 0.5) is 13.2 Å². The molecule has 0 unspecified atom stereocenters. The second-order valence-corrected chi connectivity index (χ2v) is 10.1. The first-order valence-electron chi connectivity index (χ1n) is 12.8. The van der Waals surface area contributed by atoms with E-state index in [9.17, 15) is 13.2 Å². The van der Waals surface area contributed by atoms with E-state index >= 15 is 0 Å². The van der Waals surface area contributed by atoms with Gasteiger partial charge in [0, 0.05) is 0 Å². The van der Waals surface area contributed by atoms with E-state index in [2.05, 4.69) is 19.1 Å². The first-order valence-corrected chi connectivity index (χ1v) is 12.8. The van der Waals surface area contributed by atoms with Crippen molar-refractivity contribution < 1.29 is 13.2 Å². The normalized spacial score (nSPS) is 27.6. The summed E-state index contributed by atoms with van der Waals surface area (Å²) >= 11 is 0. The van der Waals surface area contributed by atoms with Crippen molar-refractivity contribution in [3.05, 3.63) is 47.5 Å². The molecule has 0 radical (unpaired) electrons. The van der Waals surface area contributed by atoms with Gasteiger partial charge < -0.3 is 0 Å². The maximum absolute atomic E-state index is 12.6. The fourth-order valence-electron chi connectivity index (χ4n) is 5.84. The van der Waals surface area contributed by atoms with Gasteiger partial charge in [0.2, 0.25) is 0 Å². The molecule has 0 N–H and O–H groups in total. The molecule has 0 bridgehead atoms. The van der Waals surface area contributed by atoms with E-state index in [0.717, 1.165) is 36.2 Å². The van der Waals surface area contributed by atoms with Crippen LogP contribution in [0.2, 0.25) is 0 Å². The van der Waals surface area contributed by atoms with Crippen LogP contribution in [0.15, 0.2) is 36.4 Å². The molecule has 0 amide bonds. The Labute approximate surface area is 187 Å². The molecule has 0 spiro atoms. The Hall–Kier alpha value is -1.25. The van der Waals surface area contributed by atoms with Gasteiger partial charge in [-0.25, -0.2) is 0 Å². The second kappa shape index (κ2) is 12.1. The highest BCUT2D eigenvalue weighted by atomic mass is 19.4. The van der Waals surface area contributed by atoms with Gasteiger partial charge >= 0.3 is 6.18 Å². The molecule has 1 aromatic rings. The van der Waals surface area contributed by atoms with Crippen LogP contribution in [-0.4, -0.2) is 0 Å². The molecular formula is C28H41F3. The third-order valence-corrected chi connectivity index (χ3v) is 7.88. The van der Waals surface area contributed by atoms with Crippen LogP contribution in [0.5, 0.6) is 0 Å². The zero-order chi connectivity index (χ0) is 22.1. The summed E-state index contributed by atoms with van der Waals surface area (Å²) in [5.41, 5.74) is 0.417. The molecule has 2 fully saturated rings. The molecule has 2 saturated carbocycles. The number of hydrogen-bond donors (Lipinski definition) is 0. The van der Waals surface area contributed by atoms with Crippen molar-refractivity contribution in [3.63, 3.8) is 0 Å². The zero-order valence-electron chi connectivity index (χ0n) is 19.3. The van der Waals surface area contributed by atoms with Crippen molar-refractivity contribution in [3.8, 4) is 0 Å². The van der Waals surface area contributed by atoms with E-state index in [1.807, 2.05) is 0 Å². The maximum Gasteiger partial charge on any atom is 0.416 e. The third kappa shape index (κ3) is 7.99. The Kier molecular flexibility index (Phi) is 9.53. The largest absolute Gasteiger partial charge is 0.416 e. The molecule has 3 heteroatoms. The van der Waals surface area contributed by atoms with E-state index in [1.54, 1.807) is 12.1 Å². The first kappa shape index (κ1) is 24.4. The average molecular weight is 435 g/mol. The van der Waals surface area contributed by atoms with Crippen molar-refractivity contribution in [2.75, 3.05) is 0 Å². The Morgan fingerprint density at radius 2 is 1.45 bits per heavy atom. The number of benzene rings is 1. The molecule has 0 nitrogen and oxygen atoms in total. The average Bonchev–Trinajstić information content (AvgIpc) is 2.78. The standard InChI is InChI=1S/C28H41F3/c1-2-3-4-7-22-10-16-25(17-11-22)26-18-12-23(13-19-26)8-5-6-9-24-14-20-27(21-15-24)28(29,30)31/h5,8,14-15,20-23,25-26H,2-4,6-7,9-13,16-19H2,1H3/b8-5+. The number of halogens is 3. The van der Waals surface area contributed by atoms with Crippen LogP contribution >= 0.6 is 0 Å². The predicted octanol–water partition coefficient (Wildman–Crippen LogP) is 9.39. The molecule has 0 saturated heterocycles. The Morgan fingerprint density at radius 1 is 0.839 bits per heavy atom. The monoisotopic (exact) mass is 434 g/mol. The van der Waals surface area contributed by atoms with E-state index in [4.69, 9.17) is 0 Å². The number of alkyl halides is 3. The molecule has 31 heavy (non-hydrogen) atoms. The van der Waals surface area contributed by atoms with Crippen LogP contribution in [0.1, 0.15) is 102 Å². The molecule has 0 atom stereocenters. The number of hydrogen-bond acceptors (Lipinski definition) is 0. The summed E-state index contributed by atoms with van der Waals surface area (Å²) < 4.78 is 37.9. The van der Waals surface area contributed by atoms with Gasteiger partial charge in [0.25, 0.3) is 0 Å². The van der Waals surface area contributed by atoms with Gasteiger partial charge in [-0.3, -0.25) is 0 Å².